The largest absolute Gasteiger partial charge is 0.374 e. The van der Waals surface area contributed by atoms with Crippen molar-refractivity contribution in [1.29, 1.82) is 0 Å². The van der Waals surface area contributed by atoms with Gasteiger partial charge in [0.1, 0.15) is 0 Å². The highest BCUT2D eigenvalue weighted by molar-refractivity contribution is 9.10. The molecule has 0 N–H and O–H groups in total. The van der Waals surface area contributed by atoms with Gasteiger partial charge in [-0.1, -0.05) is 52.4 Å². The Morgan fingerprint density at radius 3 is 2.12 bits per heavy atom. The Hall–Kier alpha value is -0.860. The molecule has 2 fully saturated rings. The van der Waals surface area contributed by atoms with Crippen molar-refractivity contribution in [2.24, 2.45) is 11.8 Å². The fraction of sp³-hybridized carbons (Fsp3) is 0.583. The van der Waals surface area contributed by atoms with Crippen molar-refractivity contribution in [2.45, 2.75) is 70.3 Å². The summed E-state index contributed by atoms with van der Waals surface area (Å²) in [6, 6.07) is 9.00. The summed E-state index contributed by atoms with van der Waals surface area (Å²) in [4.78, 5) is 0. The molecule has 2 heteroatoms. The third-order valence-corrected chi connectivity index (χ3v) is 6.90. The van der Waals surface area contributed by atoms with E-state index in [1.807, 2.05) is 13.0 Å². The monoisotopic (exact) mass is 416 g/mol. The summed E-state index contributed by atoms with van der Waals surface area (Å²) >= 11 is 3.55. The van der Waals surface area contributed by atoms with Gasteiger partial charge in [-0.15, -0.1) is 0 Å². The Kier molecular flexibility index (Phi) is 8.01. The average molecular weight is 417 g/mol. The Bertz CT molecular complexity index is 573. The average Bonchev–Trinajstić information content (AvgIpc) is 2.69. The second kappa shape index (κ2) is 10.5. The van der Waals surface area contributed by atoms with Crippen LogP contribution in [0.2, 0.25) is 0 Å². The molecule has 1 aromatic carbocycles. The molecule has 2 saturated carbocycles. The van der Waals surface area contributed by atoms with Crippen molar-refractivity contribution in [2.75, 3.05) is 6.61 Å². The van der Waals surface area contributed by atoms with Crippen molar-refractivity contribution in [1.82, 2.24) is 0 Å². The SMILES string of the molecule is C/C=C/C=C/CO[C@H]1CC[C@H](C2CCC(c3ccc(Br)cc3)CC2)CC1. The predicted molar refractivity (Wildman–Crippen MR) is 114 cm³/mol. The lowest BCUT2D eigenvalue weighted by Gasteiger charge is -2.38. The number of benzene rings is 1. The number of hydrogen-bond acceptors (Lipinski definition) is 1. The maximum absolute atomic E-state index is 6.03. The lowest BCUT2D eigenvalue weighted by Crippen LogP contribution is -2.28. The van der Waals surface area contributed by atoms with Crippen LogP contribution in [-0.4, -0.2) is 12.7 Å². The zero-order valence-electron chi connectivity index (χ0n) is 16.1. The van der Waals surface area contributed by atoms with Crippen LogP contribution in [0.4, 0.5) is 0 Å². The zero-order valence-corrected chi connectivity index (χ0v) is 17.7. The lowest BCUT2D eigenvalue weighted by atomic mass is 9.69. The van der Waals surface area contributed by atoms with Crippen LogP contribution in [0, 0.1) is 11.8 Å². The molecule has 0 atom stereocenters. The van der Waals surface area contributed by atoms with Gasteiger partial charge in [-0.05, 0) is 93.7 Å². The molecule has 2 aliphatic carbocycles. The van der Waals surface area contributed by atoms with Crippen LogP contribution in [0.3, 0.4) is 0 Å². The standard InChI is InChI=1S/C24H33BrO/c1-2-3-4-5-18-26-24-16-12-22(13-17-24)20-8-6-19(7-9-20)21-10-14-23(25)15-11-21/h2-5,10-11,14-15,19-20,22,24H,6-9,12-13,16-18H2,1H3/b3-2+,5-4+/t19?,20?,22-,24-. The van der Waals surface area contributed by atoms with Gasteiger partial charge >= 0.3 is 0 Å². The molecule has 0 saturated heterocycles. The van der Waals surface area contributed by atoms with Crippen molar-refractivity contribution < 1.29 is 4.74 Å². The molecule has 2 aliphatic rings. The van der Waals surface area contributed by atoms with Crippen LogP contribution in [0.25, 0.3) is 0 Å². The van der Waals surface area contributed by atoms with E-state index in [4.69, 9.17) is 4.74 Å². The maximum atomic E-state index is 6.03. The molecule has 3 rings (SSSR count). The predicted octanol–water partition coefficient (Wildman–Crippen LogP) is 7.43. The summed E-state index contributed by atoms with van der Waals surface area (Å²) in [5.74, 6) is 2.68. The minimum atomic E-state index is 0.487. The van der Waals surface area contributed by atoms with E-state index < -0.39 is 0 Å². The van der Waals surface area contributed by atoms with E-state index >= 15 is 0 Å². The molecule has 0 heterocycles. The van der Waals surface area contributed by atoms with E-state index in [1.54, 1.807) is 0 Å². The molecular weight excluding hydrogens is 384 g/mol. The lowest BCUT2D eigenvalue weighted by molar-refractivity contribution is 0.0223. The van der Waals surface area contributed by atoms with Crippen LogP contribution in [0.5, 0.6) is 0 Å². The molecule has 0 bridgehead atoms. The molecule has 142 valence electrons. The normalized spacial score (nSPS) is 30.2. The summed E-state index contributed by atoms with van der Waals surface area (Å²) in [6.45, 7) is 2.80. The highest BCUT2D eigenvalue weighted by Gasteiger charge is 2.31. The molecule has 0 aromatic heterocycles. The fourth-order valence-corrected chi connectivity index (χ4v) is 5.09. The Morgan fingerprint density at radius 2 is 1.50 bits per heavy atom. The molecule has 0 radical (unpaired) electrons. The van der Waals surface area contributed by atoms with Crippen molar-refractivity contribution in [3.05, 3.63) is 58.6 Å². The van der Waals surface area contributed by atoms with Crippen LogP contribution in [0.1, 0.15) is 69.8 Å². The topological polar surface area (TPSA) is 9.23 Å². The molecular formula is C24H33BrO. The summed E-state index contributed by atoms with van der Waals surface area (Å²) in [5, 5.41) is 0. The van der Waals surface area contributed by atoms with E-state index in [2.05, 4.69) is 58.4 Å². The highest BCUT2D eigenvalue weighted by Crippen LogP contribution is 2.43. The minimum Gasteiger partial charge on any atom is -0.374 e. The number of rotatable bonds is 6. The van der Waals surface area contributed by atoms with Crippen LogP contribution >= 0.6 is 15.9 Å². The van der Waals surface area contributed by atoms with Gasteiger partial charge < -0.3 is 4.74 Å². The smallest absolute Gasteiger partial charge is 0.0654 e. The van der Waals surface area contributed by atoms with Gasteiger partial charge in [-0.2, -0.15) is 0 Å². The first-order chi connectivity index (χ1) is 12.8. The molecule has 26 heavy (non-hydrogen) atoms. The van der Waals surface area contributed by atoms with Crippen molar-refractivity contribution in [3.8, 4) is 0 Å². The van der Waals surface area contributed by atoms with Crippen molar-refractivity contribution in [3.63, 3.8) is 0 Å². The molecule has 1 nitrogen and oxygen atoms in total. The van der Waals surface area contributed by atoms with E-state index in [-0.39, 0.29) is 0 Å². The molecule has 0 amide bonds. The highest BCUT2D eigenvalue weighted by atomic mass is 79.9. The van der Waals surface area contributed by atoms with Gasteiger partial charge in [0.25, 0.3) is 0 Å². The van der Waals surface area contributed by atoms with Crippen LogP contribution in [-0.2, 0) is 4.74 Å². The Balaban J connectivity index is 1.37. The first kappa shape index (κ1) is 19.9. The molecule has 0 aliphatic heterocycles. The number of allylic oxidation sites excluding steroid dienone is 3. The van der Waals surface area contributed by atoms with E-state index in [9.17, 15) is 0 Å². The van der Waals surface area contributed by atoms with E-state index in [1.165, 1.54) is 61.4 Å². The van der Waals surface area contributed by atoms with Crippen molar-refractivity contribution >= 4 is 15.9 Å². The van der Waals surface area contributed by atoms with Gasteiger partial charge in [0.15, 0.2) is 0 Å². The van der Waals surface area contributed by atoms with Crippen LogP contribution < -0.4 is 0 Å². The quantitative estimate of drug-likeness (QED) is 0.437. The number of halogens is 1. The zero-order chi connectivity index (χ0) is 18.2. The molecule has 1 aromatic rings. The van der Waals surface area contributed by atoms with Gasteiger partial charge in [-0.3, -0.25) is 0 Å². The van der Waals surface area contributed by atoms with E-state index in [0.717, 1.165) is 24.4 Å². The molecule has 0 unspecified atom stereocenters. The summed E-state index contributed by atoms with van der Waals surface area (Å²) in [6.07, 6.45) is 19.6. The summed E-state index contributed by atoms with van der Waals surface area (Å²) in [5.41, 5.74) is 1.54. The maximum Gasteiger partial charge on any atom is 0.0654 e. The minimum absolute atomic E-state index is 0.487. The Morgan fingerprint density at radius 1 is 0.885 bits per heavy atom. The first-order valence-corrected chi connectivity index (χ1v) is 11.2. The van der Waals surface area contributed by atoms with Crippen LogP contribution in [0.15, 0.2) is 53.0 Å². The molecule has 0 spiro atoms. The number of hydrogen-bond donors (Lipinski definition) is 0. The second-order valence-corrected chi connectivity index (χ2v) is 8.90. The summed E-state index contributed by atoms with van der Waals surface area (Å²) in [7, 11) is 0. The van der Waals surface area contributed by atoms with Gasteiger partial charge in [0, 0.05) is 4.47 Å². The second-order valence-electron chi connectivity index (χ2n) is 7.99. The van der Waals surface area contributed by atoms with E-state index in [0.29, 0.717) is 6.10 Å². The fourth-order valence-electron chi connectivity index (χ4n) is 4.82. The number of ether oxygens (including phenoxy) is 1. The van der Waals surface area contributed by atoms with Gasteiger partial charge in [0.2, 0.25) is 0 Å². The third-order valence-electron chi connectivity index (χ3n) is 6.37. The third kappa shape index (κ3) is 5.82. The Labute approximate surface area is 168 Å². The van der Waals surface area contributed by atoms with Gasteiger partial charge in [-0.25, -0.2) is 0 Å². The van der Waals surface area contributed by atoms with Gasteiger partial charge in [0.05, 0.1) is 12.7 Å². The summed E-state index contributed by atoms with van der Waals surface area (Å²) < 4.78 is 7.21. The first-order valence-electron chi connectivity index (χ1n) is 10.4.